The van der Waals surface area contributed by atoms with Gasteiger partial charge in [-0.3, -0.25) is 9.69 Å². The van der Waals surface area contributed by atoms with Gasteiger partial charge < -0.3 is 20.1 Å². The number of aliphatic hydroxyl groups is 1. The molecule has 1 aromatic rings. The second kappa shape index (κ2) is 6.02. The third-order valence-corrected chi connectivity index (χ3v) is 5.05. The molecule has 2 heterocycles. The number of aromatic amines is 1. The predicted octanol–water partition coefficient (Wildman–Crippen LogP) is 0.704. The van der Waals surface area contributed by atoms with Crippen LogP contribution in [0.1, 0.15) is 41.6 Å². The van der Waals surface area contributed by atoms with Crippen LogP contribution in [0.2, 0.25) is 0 Å². The Hall–Kier alpha value is -1.37. The molecule has 1 aliphatic carbocycles. The number of hydrogen-bond donors (Lipinski definition) is 3. The number of nitrogens with one attached hydrogen (secondary N) is 2. The van der Waals surface area contributed by atoms with Crippen molar-refractivity contribution in [2.24, 2.45) is 0 Å². The Labute approximate surface area is 130 Å². The van der Waals surface area contributed by atoms with Gasteiger partial charge in [0.05, 0.1) is 30.9 Å². The molecule has 6 heteroatoms. The Morgan fingerprint density at radius 2 is 2.32 bits per heavy atom. The van der Waals surface area contributed by atoms with Gasteiger partial charge in [0.25, 0.3) is 5.91 Å². The average molecular weight is 307 g/mol. The number of hydrogen-bond acceptors (Lipinski definition) is 4. The van der Waals surface area contributed by atoms with Crippen molar-refractivity contribution in [2.45, 2.75) is 37.3 Å². The lowest BCUT2D eigenvalue weighted by Crippen LogP contribution is -2.65. The summed E-state index contributed by atoms with van der Waals surface area (Å²) in [5.74, 6) is 0.446. The fourth-order valence-corrected chi connectivity index (χ4v) is 3.13. The normalized spacial score (nSPS) is 29.5. The van der Waals surface area contributed by atoms with Gasteiger partial charge in [-0.15, -0.1) is 0 Å². The quantitative estimate of drug-likeness (QED) is 0.748. The molecule has 0 radical (unpaired) electrons. The molecule has 1 saturated carbocycles. The van der Waals surface area contributed by atoms with Crippen molar-refractivity contribution in [2.75, 3.05) is 33.4 Å². The Balaban J connectivity index is 1.67. The molecule has 6 nitrogen and oxygen atoms in total. The van der Waals surface area contributed by atoms with Crippen LogP contribution < -0.4 is 5.32 Å². The van der Waals surface area contributed by atoms with Gasteiger partial charge in [-0.25, -0.2) is 0 Å². The third-order valence-electron chi connectivity index (χ3n) is 5.05. The molecule has 3 rings (SSSR count). The molecule has 2 atom stereocenters. The van der Waals surface area contributed by atoms with E-state index in [0.717, 1.165) is 24.0 Å². The lowest BCUT2D eigenvalue weighted by Gasteiger charge is -2.47. The van der Waals surface area contributed by atoms with Crippen LogP contribution in [0.15, 0.2) is 12.4 Å². The second-order valence-electron chi connectivity index (χ2n) is 6.64. The zero-order valence-corrected chi connectivity index (χ0v) is 13.3. The first-order valence-corrected chi connectivity index (χ1v) is 7.94. The number of likely N-dealkylation sites (N-methyl/N-ethyl adjacent to an activating group) is 1. The monoisotopic (exact) mass is 307 g/mol. The molecule has 1 amide bonds. The fraction of sp³-hybridized carbons (Fsp3) is 0.688. The Morgan fingerprint density at radius 3 is 3.00 bits per heavy atom. The predicted molar refractivity (Wildman–Crippen MR) is 83.0 cm³/mol. The van der Waals surface area contributed by atoms with Crippen LogP contribution in [0.5, 0.6) is 0 Å². The van der Waals surface area contributed by atoms with Crippen LogP contribution in [0.4, 0.5) is 0 Å². The number of H-pyrrole nitrogens is 1. The Kier molecular flexibility index (Phi) is 4.25. The second-order valence-corrected chi connectivity index (χ2v) is 6.64. The first-order chi connectivity index (χ1) is 10.6. The van der Waals surface area contributed by atoms with Crippen molar-refractivity contribution in [1.82, 2.24) is 15.2 Å². The van der Waals surface area contributed by atoms with Gasteiger partial charge in [-0.05, 0) is 38.3 Å². The highest BCUT2D eigenvalue weighted by Gasteiger charge is 2.41. The van der Waals surface area contributed by atoms with Gasteiger partial charge in [0, 0.05) is 25.0 Å². The molecular weight excluding hydrogens is 282 g/mol. The van der Waals surface area contributed by atoms with E-state index in [9.17, 15) is 9.90 Å². The maximum absolute atomic E-state index is 12.5. The number of nitrogens with zero attached hydrogens (tertiary/aromatic N) is 1. The summed E-state index contributed by atoms with van der Waals surface area (Å²) in [6.45, 7) is 3.46. The highest BCUT2D eigenvalue weighted by atomic mass is 16.5. The molecule has 122 valence electrons. The summed E-state index contributed by atoms with van der Waals surface area (Å²) < 4.78 is 5.59. The summed E-state index contributed by atoms with van der Waals surface area (Å²) in [4.78, 5) is 17.6. The van der Waals surface area contributed by atoms with Crippen LogP contribution in [0.25, 0.3) is 0 Å². The van der Waals surface area contributed by atoms with Crippen LogP contribution in [0, 0.1) is 0 Å². The number of rotatable bonds is 5. The van der Waals surface area contributed by atoms with Gasteiger partial charge in [-0.2, -0.15) is 0 Å². The summed E-state index contributed by atoms with van der Waals surface area (Å²) in [6.07, 6.45) is 6.00. The molecule has 1 aromatic heterocycles. The first kappa shape index (κ1) is 15.5. The summed E-state index contributed by atoms with van der Waals surface area (Å²) >= 11 is 0. The van der Waals surface area contributed by atoms with E-state index in [1.807, 2.05) is 13.2 Å². The number of carbonyl (C=O) groups is 1. The summed E-state index contributed by atoms with van der Waals surface area (Å²) in [5.41, 5.74) is 1.28. The lowest BCUT2D eigenvalue weighted by atomic mass is 9.95. The van der Waals surface area contributed by atoms with Crippen molar-refractivity contribution in [3.63, 3.8) is 0 Å². The highest BCUT2D eigenvalue weighted by Crippen LogP contribution is 2.41. The van der Waals surface area contributed by atoms with E-state index >= 15 is 0 Å². The number of morpholine rings is 1. The standard InChI is InChI=1S/C16H25N3O3/c1-11-7-22-10-16(9-20,19(11)2)8-18-15(21)14-6-17-5-13(14)12-3-4-12/h5-6,11-12,17,20H,3-4,7-10H2,1-2H3,(H,18,21)/t11-,16+/m1/s1. The fourth-order valence-electron chi connectivity index (χ4n) is 3.13. The van der Waals surface area contributed by atoms with Crippen molar-refractivity contribution in [3.8, 4) is 0 Å². The smallest absolute Gasteiger partial charge is 0.253 e. The molecule has 0 bridgehead atoms. The van der Waals surface area contributed by atoms with Crippen molar-refractivity contribution in [3.05, 3.63) is 23.5 Å². The van der Waals surface area contributed by atoms with E-state index in [-0.39, 0.29) is 18.6 Å². The molecule has 0 unspecified atom stereocenters. The molecule has 2 fully saturated rings. The minimum atomic E-state index is -0.552. The minimum Gasteiger partial charge on any atom is -0.394 e. The molecule has 3 N–H and O–H groups in total. The maximum Gasteiger partial charge on any atom is 0.253 e. The van der Waals surface area contributed by atoms with E-state index in [1.54, 1.807) is 6.20 Å². The van der Waals surface area contributed by atoms with E-state index in [4.69, 9.17) is 4.74 Å². The molecule has 0 spiro atoms. The number of aromatic nitrogens is 1. The zero-order chi connectivity index (χ0) is 15.7. The topological polar surface area (TPSA) is 77.6 Å². The number of aliphatic hydroxyl groups excluding tert-OH is 1. The Bertz CT molecular complexity index is 540. The summed E-state index contributed by atoms with van der Waals surface area (Å²) in [6, 6.07) is 0.215. The molecular formula is C16H25N3O3. The molecule has 0 aromatic carbocycles. The van der Waals surface area contributed by atoms with E-state index in [2.05, 4.69) is 22.1 Å². The van der Waals surface area contributed by atoms with Gasteiger partial charge in [0.1, 0.15) is 0 Å². The van der Waals surface area contributed by atoms with Gasteiger partial charge in [-0.1, -0.05) is 0 Å². The van der Waals surface area contributed by atoms with Crippen molar-refractivity contribution >= 4 is 5.91 Å². The van der Waals surface area contributed by atoms with Crippen molar-refractivity contribution < 1.29 is 14.6 Å². The molecule has 22 heavy (non-hydrogen) atoms. The van der Waals surface area contributed by atoms with Crippen molar-refractivity contribution in [1.29, 1.82) is 0 Å². The molecule has 1 saturated heterocycles. The highest BCUT2D eigenvalue weighted by molar-refractivity contribution is 5.95. The number of amides is 1. The van der Waals surface area contributed by atoms with Crippen LogP contribution in [-0.4, -0.2) is 65.9 Å². The van der Waals surface area contributed by atoms with E-state index in [1.165, 1.54) is 0 Å². The van der Waals surface area contributed by atoms with Crippen LogP contribution in [0.3, 0.4) is 0 Å². The minimum absolute atomic E-state index is 0.0449. The van der Waals surface area contributed by atoms with Gasteiger partial charge in [0.2, 0.25) is 0 Å². The SMILES string of the molecule is C[C@@H]1COC[C@@](CO)(CNC(=O)c2c[nH]cc2C2CC2)N1C. The first-order valence-electron chi connectivity index (χ1n) is 7.94. The summed E-state index contributed by atoms with van der Waals surface area (Å²) in [5, 5.41) is 12.8. The average Bonchev–Trinajstić information content (AvgIpc) is 3.25. The number of ether oxygens (including phenoxy) is 1. The molecule has 1 aliphatic heterocycles. The zero-order valence-electron chi connectivity index (χ0n) is 13.3. The van der Waals surface area contributed by atoms with Crippen LogP contribution in [-0.2, 0) is 4.74 Å². The van der Waals surface area contributed by atoms with Gasteiger partial charge in [0.15, 0.2) is 0 Å². The summed E-state index contributed by atoms with van der Waals surface area (Å²) in [7, 11) is 1.97. The Morgan fingerprint density at radius 1 is 1.55 bits per heavy atom. The van der Waals surface area contributed by atoms with Crippen LogP contribution >= 0.6 is 0 Å². The maximum atomic E-state index is 12.5. The van der Waals surface area contributed by atoms with Gasteiger partial charge >= 0.3 is 0 Å². The lowest BCUT2D eigenvalue weighted by molar-refractivity contribution is -0.105. The van der Waals surface area contributed by atoms with E-state index in [0.29, 0.717) is 25.7 Å². The largest absolute Gasteiger partial charge is 0.394 e. The van der Waals surface area contributed by atoms with E-state index < -0.39 is 5.54 Å². The molecule has 2 aliphatic rings. The number of carbonyl (C=O) groups excluding carboxylic acids is 1. The third kappa shape index (κ3) is 2.78.